The van der Waals surface area contributed by atoms with Crippen molar-refractivity contribution in [1.82, 2.24) is 20.6 Å². The minimum atomic E-state index is -3.05. The predicted molar refractivity (Wildman–Crippen MR) is 94.5 cm³/mol. The van der Waals surface area contributed by atoms with Crippen LogP contribution in [0, 0.1) is 0 Å². The summed E-state index contributed by atoms with van der Waals surface area (Å²) in [6, 6.07) is 9.36. The maximum Gasteiger partial charge on any atom is 0.315 e. The average molecular weight is 360 g/mol. The van der Waals surface area contributed by atoms with E-state index in [0.29, 0.717) is 18.7 Å². The standard InChI is InChI=1S/C17H20N4O3S/c22-17(20-11-15-7-4-8-25(15,23)24)21-12-16-18-9-14(10-19-16)13-5-2-1-3-6-13/h1-3,5-6,9-10,15H,4,7-8,11-12H2,(H2,20,21,22). The van der Waals surface area contributed by atoms with Crippen molar-refractivity contribution in [1.29, 1.82) is 0 Å². The second-order valence-corrected chi connectivity index (χ2v) is 8.35. The summed E-state index contributed by atoms with van der Waals surface area (Å²) < 4.78 is 23.4. The molecule has 8 heteroatoms. The van der Waals surface area contributed by atoms with Crippen LogP contribution in [0.4, 0.5) is 4.79 Å². The molecule has 0 bridgehead atoms. The summed E-state index contributed by atoms with van der Waals surface area (Å²) in [6.07, 6.45) is 4.69. The third kappa shape index (κ3) is 4.54. The van der Waals surface area contributed by atoms with Crippen molar-refractivity contribution in [2.24, 2.45) is 0 Å². The zero-order valence-electron chi connectivity index (χ0n) is 13.7. The molecule has 25 heavy (non-hydrogen) atoms. The van der Waals surface area contributed by atoms with Gasteiger partial charge in [-0.15, -0.1) is 0 Å². The molecule has 0 saturated carbocycles. The molecule has 1 aromatic carbocycles. The van der Waals surface area contributed by atoms with E-state index in [2.05, 4.69) is 20.6 Å². The highest BCUT2D eigenvalue weighted by Gasteiger charge is 2.31. The van der Waals surface area contributed by atoms with Gasteiger partial charge in [-0.25, -0.2) is 23.2 Å². The second kappa shape index (κ2) is 7.60. The van der Waals surface area contributed by atoms with Crippen LogP contribution in [-0.2, 0) is 16.4 Å². The number of carbonyl (C=O) groups excluding carboxylic acids is 1. The van der Waals surface area contributed by atoms with E-state index >= 15 is 0 Å². The number of hydrogen-bond acceptors (Lipinski definition) is 5. The van der Waals surface area contributed by atoms with Gasteiger partial charge in [0.15, 0.2) is 9.84 Å². The lowest BCUT2D eigenvalue weighted by Crippen LogP contribution is -2.40. The average Bonchev–Trinajstić information content (AvgIpc) is 2.97. The molecule has 1 aliphatic heterocycles. The zero-order valence-corrected chi connectivity index (χ0v) is 14.5. The number of nitrogens with zero attached hydrogens (tertiary/aromatic N) is 2. The zero-order chi connectivity index (χ0) is 17.7. The Morgan fingerprint density at radius 1 is 1.08 bits per heavy atom. The van der Waals surface area contributed by atoms with E-state index < -0.39 is 21.1 Å². The summed E-state index contributed by atoms with van der Waals surface area (Å²) in [4.78, 5) is 20.3. The van der Waals surface area contributed by atoms with Crippen molar-refractivity contribution >= 4 is 15.9 Å². The fourth-order valence-electron chi connectivity index (χ4n) is 2.74. The van der Waals surface area contributed by atoms with Gasteiger partial charge in [0, 0.05) is 24.5 Å². The molecule has 7 nitrogen and oxygen atoms in total. The monoisotopic (exact) mass is 360 g/mol. The van der Waals surface area contributed by atoms with Crippen molar-refractivity contribution in [2.75, 3.05) is 12.3 Å². The molecule has 0 spiro atoms. The van der Waals surface area contributed by atoms with Crippen molar-refractivity contribution in [3.05, 3.63) is 48.5 Å². The van der Waals surface area contributed by atoms with E-state index in [9.17, 15) is 13.2 Å². The molecule has 2 heterocycles. The van der Waals surface area contributed by atoms with Gasteiger partial charge in [-0.1, -0.05) is 30.3 Å². The van der Waals surface area contributed by atoms with Crippen LogP contribution in [0.15, 0.2) is 42.7 Å². The van der Waals surface area contributed by atoms with Gasteiger partial charge < -0.3 is 10.6 Å². The minimum absolute atomic E-state index is 0.141. The van der Waals surface area contributed by atoms with E-state index in [-0.39, 0.29) is 18.8 Å². The summed E-state index contributed by atoms with van der Waals surface area (Å²) in [5.41, 5.74) is 1.93. The molecular formula is C17H20N4O3S. The number of amides is 2. The van der Waals surface area contributed by atoms with Crippen molar-refractivity contribution in [3.8, 4) is 11.1 Å². The Bertz CT molecular complexity index is 823. The minimum Gasteiger partial charge on any atom is -0.337 e. The van der Waals surface area contributed by atoms with Gasteiger partial charge in [-0.2, -0.15) is 0 Å². The largest absolute Gasteiger partial charge is 0.337 e. The Kier molecular flexibility index (Phi) is 5.28. The van der Waals surface area contributed by atoms with Crippen LogP contribution < -0.4 is 10.6 Å². The maximum atomic E-state index is 11.8. The topological polar surface area (TPSA) is 101 Å². The number of urea groups is 1. The van der Waals surface area contributed by atoms with Crippen LogP contribution >= 0.6 is 0 Å². The molecule has 2 N–H and O–H groups in total. The first-order valence-electron chi connectivity index (χ1n) is 8.14. The third-order valence-corrected chi connectivity index (χ3v) is 6.45. The van der Waals surface area contributed by atoms with Gasteiger partial charge in [0.05, 0.1) is 17.5 Å². The summed E-state index contributed by atoms with van der Waals surface area (Å²) in [6.45, 7) is 0.320. The van der Waals surface area contributed by atoms with E-state index in [1.54, 1.807) is 12.4 Å². The molecule has 1 fully saturated rings. The SMILES string of the molecule is O=C(NCc1ncc(-c2ccccc2)cn1)NCC1CCCS1(=O)=O. The summed E-state index contributed by atoms with van der Waals surface area (Å²) in [5.74, 6) is 0.700. The molecule has 3 rings (SSSR count). The Balaban J connectivity index is 1.47. The highest BCUT2D eigenvalue weighted by atomic mass is 32.2. The Morgan fingerprint density at radius 2 is 1.80 bits per heavy atom. The van der Waals surface area contributed by atoms with E-state index in [4.69, 9.17) is 0 Å². The van der Waals surface area contributed by atoms with Crippen LogP contribution in [0.5, 0.6) is 0 Å². The van der Waals surface area contributed by atoms with Crippen LogP contribution in [0.25, 0.3) is 11.1 Å². The van der Waals surface area contributed by atoms with E-state index in [1.807, 2.05) is 30.3 Å². The van der Waals surface area contributed by atoms with Crippen LogP contribution in [0.1, 0.15) is 18.7 Å². The highest BCUT2D eigenvalue weighted by molar-refractivity contribution is 7.92. The quantitative estimate of drug-likeness (QED) is 0.842. The van der Waals surface area contributed by atoms with Crippen LogP contribution in [-0.4, -0.2) is 42.0 Å². The number of hydrogen-bond donors (Lipinski definition) is 2. The summed E-state index contributed by atoms with van der Waals surface area (Å²) >= 11 is 0. The van der Waals surface area contributed by atoms with Gasteiger partial charge in [0.2, 0.25) is 0 Å². The maximum absolute atomic E-state index is 11.8. The molecule has 132 valence electrons. The highest BCUT2D eigenvalue weighted by Crippen LogP contribution is 2.19. The van der Waals surface area contributed by atoms with Gasteiger partial charge in [-0.3, -0.25) is 0 Å². The molecule has 1 saturated heterocycles. The van der Waals surface area contributed by atoms with Crippen molar-refractivity contribution in [3.63, 3.8) is 0 Å². The van der Waals surface area contributed by atoms with Crippen LogP contribution in [0.3, 0.4) is 0 Å². The molecule has 1 aromatic heterocycles. The van der Waals surface area contributed by atoms with Crippen molar-refractivity contribution < 1.29 is 13.2 Å². The number of aromatic nitrogens is 2. The smallest absolute Gasteiger partial charge is 0.315 e. The number of carbonyl (C=O) groups is 1. The number of nitrogens with one attached hydrogen (secondary N) is 2. The molecule has 0 aliphatic carbocycles. The number of benzene rings is 1. The Hall–Kier alpha value is -2.48. The lowest BCUT2D eigenvalue weighted by molar-refractivity contribution is 0.240. The van der Waals surface area contributed by atoms with Gasteiger partial charge in [-0.05, 0) is 18.4 Å². The van der Waals surface area contributed by atoms with Crippen LogP contribution in [0.2, 0.25) is 0 Å². The predicted octanol–water partition coefficient (Wildman–Crippen LogP) is 1.52. The molecule has 2 aromatic rings. The molecule has 2 amide bonds. The first-order valence-corrected chi connectivity index (χ1v) is 9.86. The lowest BCUT2D eigenvalue weighted by Gasteiger charge is -2.11. The first-order chi connectivity index (χ1) is 12.0. The summed E-state index contributed by atoms with van der Waals surface area (Å²) in [7, 11) is -3.05. The first kappa shape index (κ1) is 17.3. The molecule has 0 radical (unpaired) electrons. The Labute approximate surface area is 146 Å². The van der Waals surface area contributed by atoms with Gasteiger partial charge in [0.25, 0.3) is 0 Å². The molecular weight excluding hydrogens is 340 g/mol. The number of sulfone groups is 1. The second-order valence-electron chi connectivity index (χ2n) is 5.95. The van der Waals surface area contributed by atoms with Gasteiger partial charge in [0.1, 0.15) is 5.82 Å². The van der Waals surface area contributed by atoms with E-state index in [0.717, 1.165) is 11.1 Å². The number of rotatable bonds is 5. The Morgan fingerprint density at radius 3 is 2.44 bits per heavy atom. The molecule has 1 aliphatic rings. The van der Waals surface area contributed by atoms with E-state index in [1.165, 1.54) is 0 Å². The molecule has 1 atom stereocenters. The lowest BCUT2D eigenvalue weighted by atomic mass is 10.1. The normalized spacial score (nSPS) is 18.6. The molecule has 1 unspecified atom stereocenters. The van der Waals surface area contributed by atoms with Crippen molar-refractivity contribution in [2.45, 2.75) is 24.6 Å². The third-order valence-electron chi connectivity index (χ3n) is 4.17. The van der Waals surface area contributed by atoms with Gasteiger partial charge >= 0.3 is 6.03 Å². The summed E-state index contributed by atoms with van der Waals surface area (Å²) in [5, 5.41) is 4.77. The fraction of sp³-hybridized carbons (Fsp3) is 0.353. The fourth-order valence-corrected chi connectivity index (χ4v) is 4.51.